The number of aryl methyl sites for hydroxylation is 1. The lowest BCUT2D eigenvalue weighted by Gasteiger charge is -2.28. The van der Waals surface area contributed by atoms with E-state index in [0.717, 1.165) is 6.07 Å². The number of amides is 1. The Morgan fingerprint density at radius 2 is 1.90 bits per heavy atom. The zero-order chi connectivity index (χ0) is 16.4. The molecule has 0 aliphatic carbocycles. The highest BCUT2D eigenvalue weighted by atomic mass is 19.1. The molecule has 2 N–H and O–H groups in total. The smallest absolute Gasteiger partial charge is 0.310 e. The summed E-state index contributed by atoms with van der Waals surface area (Å²) in [5.41, 5.74) is -1.66. The van der Waals surface area contributed by atoms with Crippen molar-refractivity contribution < 1.29 is 23.5 Å². The summed E-state index contributed by atoms with van der Waals surface area (Å²) in [7, 11) is 0. The average Bonchev–Trinajstić information content (AvgIpc) is 2.38. The van der Waals surface area contributed by atoms with E-state index in [1.165, 1.54) is 19.9 Å². The summed E-state index contributed by atoms with van der Waals surface area (Å²) in [5, 5.41) is 11.4. The Kier molecular flexibility index (Phi) is 5.04. The van der Waals surface area contributed by atoms with Gasteiger partial charge in [0, 0.05) is 6.42 Å². The summed E-state index contributed by atoms with van der Waals surface area (Å²) in [6.45, 7) is 6.23. The number of rotatable bonds is 5. The molecule has 0 saturated heterocycles. The van der Waals surface area contributed by atoms with Crippen molar-refractivity contribution in [2.45, 2.75) is 34.1 Å². The minimum atomic E-state index is -1.30. The third kappa shape index (κ3) is 3.56. The second kappa shape index (κ2) is 6.20. The van der Waals surface area contributed by atoms with Crippen LogP contribution in [0.2, 0.25) is 0 Å². The van der Waals surface area contributed by atoms with Crippen LogP contribution < -0.4 is 5.32 Å². The largest absolute Gasteiger partial charge is 0.481 e. The van der Waals surface area contributed by atoms with Gasteiger partial charge < -0.3 is 10.4 Å². The monoisotopic (exact) mass is 299 g/mol. The van der Waals surface area contributed by atoms with Gasteiger partial charge in [0.1, 0.15) is 11.5 Å². The lowest BCUT2D eigenvalue weighted by Crippen LogP contribution is -2.37. The first-order valence-electron chi connectivity index (χ1n) is 6.57. The number of carboxylic acid groups (broad SMARTS) is 1. The molecule has 21 heavy (non-hydrogen) atoms. The SMILES string of the molecule is Cc1ccc(F)c(NC(=O)CC(C)(C(=O)O)C(C)C)c1F. The van der Waals surface area contributed by atoms with E-state index in [0.29, 0.717) is 0 Å². The number of hydrogen-bond donors (Lipinski definition) is 2. The summed E-state index contributed by atoms with van der Waals surface area (Å²) in [6, 6.07) is 2.31. The Hall–Kier alpha value is -1.98. The molecule has 1 atom stereocenters. The van der Waals surface area contributed by atoms with E-state index in [1.54, 1.807) is 13.8 Å². The van der Waals surface area contributed by atoms with Crippen LogP contribution in [-0.2, 0) is 9.59 Å². The first kappa shape index (κ1) is 17.1. The molecule has 0 heterocycles. The predicted molar refractivity (Wildman–Crippen MR) is 74.9 cm³/mol. The van der Waals surface area contributed by atoms with Crippen molar-refractivity contribution >= 4 is 17.6 Å². The van der Waals surface area contributed by atoms with Crippen LogP contribution in [0.1, 0.15) is 32.8 Å². The van der Waals surface area contributed by atoms with E-state index in [4.69, 9.17) is 0 Å². The molecule has 4 nitrogen and oxygen atoms in total. The number of benzene rings is 1. The van der Waals surface area contributed by atoms with Gasteiger partial charge in [-0.3, -0.25) is 9.59 Å². The zero-order valence-corrected chi connectivity index (χ0v) is 12.5. The van der Waals surface area contributed by atoms with Crippen LogP contribution in [0.15, 0.2) is 12.1 Å². The molecule has 6 heteroatoms. The van der Waals surface area contributed by atoms with Gasteiger partial charge >= 0.3 is 5.97 Å². The molecule has 0 aliphatic heterocycles. The van der Waals surface area contributed by atoms with E-state index >= 15 is 0 Å². The second-order valence-corrected chi connectivity index (χ2v) is 5.66. The molecular weight excluding hydrogens is 280 g/mol. The molecule has 0 aromatic heterocycles. The molecule has 0 spiro atoms. The van der Waals surface area contributed by atoms with Crippen molar-refractivity contribution in [1.29, 1.82) is 0 Å². The van der Waals surface area contributed by atoms with E-state index in [9.17, 15) is 23.5 Å². The van der Waals surface area contributed by atoms with Gasteiger partial charge in [-0.25, -0.2) is 8.78 Å². The number of aliphatic carboxylic acids is 1. The van der Waals surface area contributed by atoms with Crippen LogP contribution in [0.5, 0.6) is 0 Å². The Morgan fingerprint density at radius 1 is 1.33 bits per heavy atom. The summed E-state index contributed by atoms with van der Waals surface area (Å²) >= 11 is 0. The number of carboxylic acids is 1. The standard InChI is InChI=1S/C15H19F2NO3/c1-8(2)15(4,14(20)21)7-11(19)18-13-10(16)6-5-9(3)12(13)17/h5-6,8H,7H2,1-4H3,(H,18,19)(H,20,21). The van der Waals surface area contributed by atoms with Gasteiger partial charge in [-0.05, 0) is 31.4 Å². The maximum absolute atomic E-state index is 13.8. The van der Waals surface area contributed by atoms with Crippen LogP contribution in [0.25, 0.3) is 0 Å². The lowest BCUT2D eigenvalue weighted by molar-refractivity contribution is -0.153. The van der Waals surface area contributed by atoms with Gasteiger partial charge in [0.15, 0.2) is 5.82 Å². The van der Waals surface area contributed by atoms with E-state index in [2.05, 4.69) is 5.32 Å². The molecule has 0 aliphatic rings. The fraction of sp³-hybridized carbons (Fsp3) is 0.467. The topological polar surface area (TPSA) is 66.4 Å². The minimum absolute atomic E-state index is 0.191. The van der Waals surface area contributed by atoms with Gasteiger partial charge in [0.25, 0.3) is 0 Å². The first-order chi connectivity index (χ1) is 9.59. The number of anilines is 1. The van der Waals surface area contributed by atoms with Crippen molar-refractivity contribution in [1.82, 2.24) is 0 Å². The van der Waals surface area contributed by atoms with E-state index in [1.807, 2.05) is 0 Å². The van der Waals surface area contributed by atoms with Crippen LogP contribution in [-0.4, -0.2) is 17.0 Å². The third-order valence-electron chi connectivity index (χ3n) is 3.84. The van der Waals surface area contributed by atoms with Crippen LogP contribution in [0, 0.1) is 29.9 Å². The average molecular weight is 299 g/mol. The number of halogens is 2. The fourth-order valence-electron chi connectivity index (χ4n) is 1.82. The van der Waals surface area contributed by atoms with Crippen molar-refractivity contribution in [3.63, 3.8) is 0 Å². The molecule has 1 amide bonds. The molecule has 1 aromatic rings. The summed E-state index contributed by atoms with van der Waals surface area (Å²) in [4.78, 5) is 23.3. The Balaban J connectivity index is 2.98. The number of nitrogens with one attached hydrogen (secondary N) is 1. The molecule has 0 fully saturated rings. The number of carbonyl (C=O) groups is 2. The molecule has 0 bridgehead atoms. The molecule has 0 saturated carbocycles. The van der Waals surface area contributed by atoms with Gasteiger partial charge in [0.05, 0.1) is 5.41 Å². The normalized spacial score (nSPS) is 13.9. The minimum Gasteiger partial charge on any atom is -0.481 e. The fourth-order valence-corrected chi connectivity index (χ4v) is 1.82. The summed E-state index contributed by atoms with van der Waals surface area (Å²) in [6.07, 6.45) is -0.368. The summed E-state index contributed by atoms with van der Waals surface area (Å²) in [5.74, 6) is -3.93. The molecule has 116 valence electrons. The Labute approximate surface area is 122 Å². The van der Waals surface area contributed by atoms with Crippen LogP contribution >= 0.6 is 0 Å². The molecule has 1 rings (SSSR count). The second-order valence-electron chi connectivity index (χ2n) is 5.66. The molecule has 1 aromatic carbocycles. The zero-order valence-electron chi connectivity index (χ0n) is 12.5. The van der Waals surface area contributed by atoms with Gasteiger partial charge in [-0.2, -0.15) is 0 Å². The van der Waals surface area contributed by atoms with E-state index in [-0.39, 0.29) is 17.9 Å². The maximum Gasteiger partial charge on any atom is 0.310 e. The van der Waals surface area contributed by atoms with Gasteiger partial charge in [-0.1, -0.05) is 19.9 Å². The van der Waals surface area contributed by atoms with Crippen molar-refractivity contribution in [2.24, 2.45) is 11.3 Å². The predicted octanol–water partition coefficient (Wildman–Crippen LogP) is 3.35. The van der Waals surface area contributed by atoms with Crippen molar-refractivity contribution in [3.05, 3.63) is 29.3 Å². The highest BCUT2D eigenvalue weighted by molar-refractivity contribution is 5.94. The van der Waals surface area contributed by atoms with Gasteiger partial charge in [-0.15, -0.1) is 0 Å². The van der Waals surface area contributed by atoms with Crippen LogP contribution in [0.3, 0.4) is 0 Å². The highest BCUT2D eigenvalue weighted by Crippen LogP contribution is 2.32. The Morgan fingerprint density at radius 3 is 2.38 bits per heavy atom. The lowest BCUT2D eigenvalue weighted by atomic mass is 9.76. The Bertz CT molecular complexity index is 572. The third-order valence-corrected chi connectivity index (χ3v) is 3.84. The molecular formula is C15H19F2NO3. The van der Waals surface area contributed by atoms with Crippen molar-refractivity contribution in [2.75, 3.05) is 5.32 Å². The van der Waals surface area contributed by atoms with E-state index < -0.39 is 34.6 Å². The maximum atomic E-state index is 13.8. The molecule has 0 radical (unpaired) electrons. The van der Waals surface area contributed by atoms with Crippen LogP contribution in [0.4, 0.5) is 14.5 Å². The number of hydrogen-bond acceptors (Lipinski definition) is 2. The molecule has 1 unspecified atom stereocenters. The highest BCUT2D eigenvalue weighted by Gasteiger charge is 2.39. The van der Waals surface area contributed by atoms with Crippen molar-refractivity contribution in [3.8, 4) is 0 Å². The summed E-state index contributed by atoms with van der Waals surface area (Å²) < 4.78 is 27.4. The first-order valence-corrected chi connectivity index (χ1v) is 6.57. The van der Waals surface area contributed by atoms with Gasteiger partial charge in [0.2, 0.25) is 5.91 Å². The number of carbonyl (C=O) groups excluding carboxylic acids is 1. The quantitative estimate of drug-likeness (QED) is 0.876.